The maximum Gasteiger partial charge on any atom is 0.319 e. The summed E-state index contributed by atoms with van der Waals surface area (Å²) in [5, 5.41) is 9.04. The number of esters is 1. The number of hydrogen-bond donors (Lipinski definition) is 1. The van der Waals surface area contributed by atoms with E-state index in [9.17, 15) is 14.4 Å². The average molecular weight is 286 g/mol. The zero-order valence-corrected chi connectivity index (χ0v) is 12.2. The smallest absolute Gasteiger partial charge is 0.319 e. The number of aliphatic carboxylic acids is 1. The molecular weight excluding hydrogens is 264 g/mol. The average Bonchev–Trinajstić information content (AvgIpc) is 2.77. The molecular formula is C13H22N2O5. The number of hydrogen-bond acceptors (Lipinski definition) is 4. The largest absolute Gasteiger partial charge is 0.481 e. The molecule has 0 saturated carbocycles. The summed E-state index contributed by atoms with van der Waals surface area (Å²) in [5.41, 5.74) is 0. The Bertz CT molecular complexity index is 385. The Morgan fingerprint density at radius 2 is 2.00 bits per heavy atom. The number of urea groups is 1. The van der Waals surface area contributed by atoms with Crippen LogP contribution in [0.4, 0.5) is 4.79 Å². The van der Waals surface area contributed by atoms with Gasteiger partial charge in [0.1, 0.15) is 0 Å². The summed E-state index contributed by atoms with van der Waals surface area (Å²) in [6.45, 7) is 4.79. The van der Waals surface area contributed by atoms with Gasteiger partial charge in [-0.2, -0.15) is 0 Å². The summed E-state index contributed by atoms with van der Waals surface area (Å²) < 4.78 is 4.79. The summed E-state index contributed by atoms with van der Waals surface area (Å²) in [7, 11) is 1.60. The molecule has 114 valence electrons. The van der Waals surface area contributed by atoms with Gasteiger partial charge in [0.15, 0.2) is 0 Å². The summed E-state index contributed by atoms with van der Waals surface area (Å²) >= 11 is 0. The van der Waals surface area contributed by atoms with Crippen molar-refractivity contribution in [3.05, 3.63) is 0 Å². The second-order valence-corrected chi connectivity index (χ2v) is 5.09. The Labute approximate surface area is 118 Å². The predicted octanol–water partition coefficient (Wildman–Crippen LogP) is 0.644. The SMILES string of the molecule is CCOC(=O)CCN(C)C(=O)N1CC(C)C(C(=O)O)C1. The molecule has 0 aromatic rings. The van der Waals surface area contributed by atoms with E-state index < -0.39 is 11.9 Å². The first-order valence-electron chi connectivity index (χ1n) is 6.75. The zero-order valence-electron chi connectivity index (χ0n) is 12.2. The molecule has 0 aromatic carbocycles. The molecule has 0 radical (unpaired) electrons. The minimum atomic E-state index is -0.873. The maximum absolute atomic E-state index is 12.1. The van der Waals surface area contributed by atoms with E-state index in [-0.39, 0.29) is 37.4 Å². The normalized spacial score (nSPS) is 21.6. The van der Waals surface area contributed by atoms with Crippen molar-refractivity contribution in [3.8, 4) is 0 Å². The van der Waals surface area contributed by atoms with E-state index in [2.05, 4.69) is 0 Å². The summed E-state index contributed by atoms with van der Waals surface area (Å²) in [6, 6.07) is -0.245. The van der Waals surface area contributed by atoms with Gasteiger partial charge in [0.2, 0.25) is 0 Å². The first-order valence-corrected chi connectivity index (χ1v) is 6.75. The van der Waals surface area contributed by atoms with Crippen LogP contribution in [0, 0.1) is 11.8 Å². The van der Waals surface area contributed by atoms with Gasteiger partial charge in [0, 0.05) is 26.7 Å². The van der Waals surface area contributed by atoms with Crippen LogP contribution in [0.5, 0.6) is 0 Å². The number of ether oxygens (including phenoxy) is 1. The Morgan fingerprint density at radius 3 is 2.50 bits per heavy atom. The monoisotopic (exact) mass is 286 g/mol. The van der Waals surface area contributed by atoms with Crippen molar-refractivity contribution in [1.82, 2.24) is 9.80 Å². The number of rotatable bonds is 5. The van der Waals surface area contributed by atoms with Crippen molar-refractivity contribution in [3.63, 3.8) is 0 Å². The fourth-order valence-corrected chi connectivity index (χ4v) is 2.27. The van der Waals surface area contributed by atoms with Gasteiger partial charge in [-0.1, -0.05) is 6.92 Å². The fraction of sp³-hybridized carbons (Fsp3) is 0.769. The minimum absolute atomic E-state index is 0.0603. The molecule has 20 heavy (non-hydrogen) atoms. The molecule has 1 rings (SSSR count). The second kappa shape index (κ2) is 7.12. The maximum atomic E-state index is 12.1. The van der Waals surface area contributed by atoms with E-state index in [1.165, 1.54) is 9.80 Å². The van der Waals surface area contributed by atoms with Crippen molar-refractivity contribution in [2.75, 3.05) is 33.3 Å². The van der Waals surface area contributed by atoms with Gasteiger partial charge in [-0.15, -0.1) is 0 Å². The van der Waals surface area contributed by atoms with Crippen molar-refractivity contribution in [2.45, 2.75) is 20.3 Å². The van der Waals surface area contributed by atoms with Crippen LogP contribution in [0.3, 0.4) is 0 Å². The molecule has 1 aliphatic rings. The van der Waals surface area contributed by atoms with Crippen LogP contribution in [0.2, 0.25) is 0 Å². The van der Waals surface area contributed by atoms with Gasteiger partial charge in [-0.3, -0.25) is 9.59 Å². The van der Waals surface area contributed by atoms with Gasteiger partial charge in [0.05, 0.1) is 18.9 Å². The highest BCUT2D eigenvalue weighted by atomic mass is 16.5. The number of carbonyl (C=O) groups excluding carboxylic acids is 2. The van der Waals surface area contributed by atoms with Gasteiger partial charge in [0.25, 0.3) is 0 Å². The molecule has 2 amide bonds. The minimum Gasteiger partial charge on any atom is -0.481 e. The highest BCUT2D eigenvalue weighted by Gasteiger charge is 2.37. The van der Waals surface area contributed by atoms with Gasteiger partial charge in [-0.25, -0.2) is 4.79 Å². The Morgan fingerprint density at radius 1 is 1.35 bits per heavy atom. The van der Waals surface area contributed by atoms with Crippen molar-refractivity contribution in [1.29, 1.82) is 0 Å². The van der Waals surface area contributed by atoms with Crippen molar-refractivity contribution >= 4 is 18.0 Å². The Balaban J connectivity index is 2.46. The molecule has 2 atom stereocenters. The molecule has 0 aliphatic carbocycles. The first-order chi connectivity index (χ1) is 9.36. The Kier molecular flexibility index (Phi) is 5.79. The van der Waals surface area contributed by atoms with Crippen LogP contribution in [0.1, 0.15) is 20.3 Å². The third kappa shape index (κ3) is 4.11. The standard InChI is InChI=1S/C13H22N2O5/c1-4-20-11(16)5-6-14(3)13(19)15-7-9(2)10(8-15)12(17)18/h9-10H,4-8H2,1-3H3,(H,17,18). The van der Waals surface area contributed by atoms with Crippen LogP contribution in [-0.2, 0) is 14.3 Å². The number of amides is 2. The predicted molar refractivity (Wildman–Crippen MR) is 71.1 cm³/mol. The summed E-state index contributed by atoms with van der Waals surface area (Å²) in [5.74, 6) is -1.79. The van der Waals surface area contributed by atoms with Crippen LogP contribution in [-0.4, -0.2) is 66.2 Å². The third-order valence-corrected chi connectivity index (χ3v) is 3.48. The lowest BCUT2D eigenvalue weighted by Crippen LogP contribution is -2.41. The molecule has 1 saturated heterocycles. The second-order valence-electron chi connectivity index (χ2n) is 5.09. The van der Waals surface area contributed by atoms with E-state index in [4.69, 9.17) is 9.84 Å². The van der Waals surface area contributed by atoms with E-state index in [1.807, 2.05) is 6.92 Å². The van der Waals surface area contributed by atoms with Gasteiger partial charge < -0.3 is 19.6 Å². The number of nitrogens with zero attached hydrogens (tertiary/aromatic N) is 2. The quantitative estimate of drug-likeness (QED) is 0.750. The molecule has 1 fully saturated rings. The lowest BCUT2D eigenvalue weighted by molar-refractivity contribution is -0.143. The summed E-state index contributed by atoms with van der Waals surface area (Å²) in [4.78, 5) is 37.3. The number of carboxylic acid groups (broad SMARTS) is 1. The summed E-state index contributed by atoms with van der Waals surface area (Å²) in [6.07, 6.45) is 0.141. The fourth-order valence-electron chi connectivity index (χ4n) is 2.27. The first kappa shape index (κ1) is 16.3. The zero-order chi connectivity index (χ0) is 15.3. The van der Waals surface area contributed by atoms with Crippen LogP contribution in [0.25, 0.3) is 0 Å². The van der Waals surface area contributed by atoms with E-state index in [0.717, 1.165) is 0 Å². The molecule has 1 heterocycles. The molecule has 0 spiro atoms. The molecule has 1 aliphatic heterocycles. The lowest BCUT2D eigenvalue weighted by atomic mass is 9.99. The highest BCUT2D eigenvalue weighted by Crippen LogP contribution is 2.23. The van der Waals surface area contributed by atoms with Gasteiger partial charge >= 0.3 is 18.0 Å². The molecule has 0 aromatic heterocycles. The number of carbonyl (C=O) groups is 3. The van der Waals surface area contributed by atoms with Crippen LogP contribution in [0.15, 0.2) is 0 Å². The van der Waals surface area contributed by atoms with Crippen LogP contribution < -0.4 is 0 Å². The van der Waals surface area contributed by atoms with E-state index >= 15 is 0 Å². The molecule has 7 nitrogen and oxygen atoms in total. The number of carboxylic acids is 1. The molecule has 7 heteroatoms. The lowest BCUT2D eigenvalue weighted by Gasteiger charge is -2.24. The van der Waals surface area contributed by atoms with Crippen molar-refractivity contribution < 1.29 is 24.2 Å². The molecule has 0 bridgehead atoms. The van der Waals surface area contributed by atoms with E-state index in [1.54, 1.807) is 14.0 Å². The van der Waals surface area contributed by atoms with Crippen LogP contribution >= 0.6 is 0 Å². The highest BCUT2D eigenvalue weighted by molar-refractivity contribution is 5.78. The van der Waals surface area contributed by atoms with Gasteiger partial charge in [-0.05, 0) is 12.8 Å². The Hall–Kier alpha value is -1.79. The topological polar surface area (TPSA) is 87.2 Å². The molecule has 1 N–H and O–H groups in total. The number of likely N-dealkylation sites (tertiary alicyclic amines) is 1. The third-order valence-electron chi connectivity index (χ3n) is 3.48. The molecule has 2 unspecified atom stereocenters. The van der Waals surface area contributed by atoms with Crippen molar-refractivity contribution in [2.24, 2.45) is 11.8 Å². The van der Waals surface area contributed by atoms with E-state index in [0.29, 0.717) is 13.2 Å².